The van der Waals surface area contributed by atoms with E-state index in [1.165, 1.54) is 57.6 Å². The van der Waals surface area contributed by atoms with Crippen LogP contribution in [0.3, 0.4) is 0 Å². The summed E-state index contributed by atoms with van der Waals surface area (Å²) in [6.07, 6.45) is 6.67. The molecule has 13 nitrogen and oxygen atoms in total. The van der Waals surface area contributed by atoms with Crippen molar-refractivity contribution in [1.82, 2.24) is 29.7 Å². The lowest BCUT2D eigenvalue weighted by Gasteiger charge is -2.42. The van der Waals surface area contributed by atoms with Crippen LogP contribution in [0.5, 0.6) is 5.88 Å². The lowest BCUT2D eigenvalue weighted by molar-refractivity contribution is -0.105. The summed E-state index contributed by atoms with van der Waals surface area (Å²) in [5.74, 6) is -1.52. The third-order valence-corrected chi connectivity index (χ3v) is 6.80. The van der Waals surface area contributed by atoms with Gasteiger partial charge < -0.3 is 29.5 Å². The van der Waals surface area contributed by atoms with Gasteiger partial charge >= 0.3 is 6.03 Å². The van der Waals surface area contributed by atoms with Gasteiger partial charge in [0.05, 0.1) is 25.6 Å². The molecule has 0 radical (unpaired) electrons. The molecular formula is C26H39F2N9O4. The van der Waals surface area contributed by atoms with Gasteiger partial charge in [0.1, 0.15) is 11.9 Å². The molecule has 4 heterocycles. The monoisotopic (exact) mass is 579 g/mol. The second-order valence-corrected chi connectivity index (χ2v) is 9.92. The normalized spacial score (nSPS) is 20.3. The topological polar surface area (TPSA) is 138 Å². The van der Waals surface area contributed by atoms with Crippen LogP contribution in [0.25, 0.3) is 0 Å². The van der Waals surface area contributed by atoms with E-state index in [4.69, 9.17) is 9.47 Å². The minimum absolute atomic E-state index is 0.00608. The van der Waals surface area contributed by atoms with Crippen LogP contribution < -0.4 is 20.3 Å². The molecule has 2 aromatic rings. The number of halogens is 2. The van der Waals surface area contributed by atoms with Gasteiger partial charge in [-0.3, -0.25) is 10.1 Å². The van der Waals surface area contributed by atoms with Crippen molar-refractivity contribution < 1.29 is 27.8 Å². The van der Waals surface area contributed by atoms with Crippen molar-refractivity contribution in [3.8, 4) is 5.88 Å². The summed E-state index contributed by atoms with van der Waals surface area (Å²) in [4.78, 5) is 44.2. The Labute approximate surface area is 238 Å². The van der Waals surface area contributed by atoms with E-state index in [2.05, 4.69) is 42.5 Å². The Morgan fingerprint density at radius 2 is 2.02 bits per heavy atom. The molecule has 15 heteroatoms. The van der Waals surface area contributed by atoms with Crippen molar-refractivity contribution in [2.45, 2.75) is 38.2 Å². The van der Waals surface area contributed by atoms with Gasteiger partial charge in [-0.05, 0) is 45.3 Å². The fourth-order valence-corrected chi connectivity index (χ4v) is 4.70. The molecule has 4 rings (SSSR count). The number of methoxy groups -OCH3 is 1. The summed E-state index contributed by atoms with van der Waals surface area (Å²) in [6, 6.07) is -0.726. The van der Waals surface area contributed by atoms with Crippen LogP contribution in [0.1, 0.15) is 26.2 Å². The Morgan fingerprint density at radius 3 is 2.68 bits per heavy atom. The third-order valence-electron chi connectivity index (χ3n) is 6.80. The molecule has 2 saturated heterocycles. The van der Waals surface area contributed by atoms with Crippen LogP contribution in [-0.2, 0) is 9.53 Å². The molecule has 0 aliphatic carbocycles. The number of anilines is 3. The number of hydrogen-bond donors (Lipinski definition) is 2. The van der Waals surface area contributed by atoms with E-state index in [0.717, 1.165) is 17.4 Å². The minimum Gasteiger partial charge on any atom is -0.477 e. The number of alkyl halides is 2. The quantitative estimate of drug-likeness (QED) is 0.427. The number of amides is 3. The summed E-state index contributed by atoms with van der Waals surface area (Å²) >= 11 is 0. The molecule has 2 aliphatic heterocycles. The number of likely N-dealkylation sites (N-methyl/N-ethyl adjacent to an activating group) is 1. The van der Waals surface area contributed by atoms with Gasteiger partial charge in [0.25, 0.3) is 5.92 Å². The maximum absolute atomic E-state index is 14.7. The average molecular weight is 580 g/mol. The molecule has 0 saturated carbocycles. The Morgan fingerprint density at radius 1 is 1.22 bits per heavy atom. The number of nitrogens with zero attached hydrogens (tertiary/aromatic N) is 7. The first-order valence-electron chi connectivity index (χ1n) is 13.5. The highest BCUT2D eigenvalue weighted by Crippen LogP contribution is 2.33. The van der Waals surface area contributed by atoms with Crippen molar-refractivity contribution in [3.05, 3.63) is 24.7 Å². The molecule has 2 aliphatic rings. The summed E-state index contributed by atoms with van der Waals surface area (Å²) in [5, 5.41) is 4.84. The molecule has 3 amide bonds. The van der Waals surface area contributed by atoms with Gasteiger partial charge in [0.2, 0.25) is 18.2 Å². The number of hydrogen-bond acceptors (Lipinski definition) is 10. The Kier molecular flexibility index (Phi) is 11.9. The van der Waals surface area contributed by atoms with Crippen molar-refractivity contribution in [2.75, 3.05) is 76.1 Å². The SMILES string of the molecule is CCOc1cnc(NC(=O)N(C)C2CN(c3nccc(NC=O)n3)CCC2(F)F)cn1.COCC1CCCN(C)C1. The number of nitrogens with one attached hydrogen (secondary N) is 2. The smallest absolute Gasteiger partial charge is 0.323 e. The predicted molar refractivity (Wildman–Crippen MR) is 149 cm³/mol. The second kappa shape index (κ2) is 15.3. The van der Waals surface area contributed by atoms with Crippen LogP contribution >= 0.6 is 0 Å². The maximum atomic E-state index is 14.7. The zero-order valence-electron chi connectivity index (χ0n) is 23.9. The molecule has 2 unspecified atom stereocenters. The third kappa shape index (κ3) is 9.42. The van der Waals surface area contributed by atoms with E-state index in [9.17, 15) is 18.4 Å². The van der Waals surface area contributed by atoms with Gasteiger partial charge in [-0.2, -0.15) is 4.98 Å². The van der Waals surface area contributed by atoms with E-state index in [0.29, 0.717) is 13.0 Å². The number of carbonyl (C=O) groups excluding carboxylic acids is 2. The fourth-order valence-electron chi connectivity index (χ4n) is 4.70. The minimum atomic E-state index is -3.12. The predicted octanol–water partition coefficient (Wildman–Crippen LogP) is 2.59. The van der Waals surface area contributed by atoms with Crippen LogP contribution in [-0.4, -0.2) is 115 Å². The molecule has 2 aromatic heterocycles. The largest absolute Gasteiger partial charge is 0.477 e. The number of likely N-dealkylation sites (tertiary alicyclic amines) is 1. The number of piperidine rings is 2. The number of urea groups is 1. The summed E-state index contributed by atoms with van der Waals surface area (Å²) in [5.41, 5.74) is 0. The average Bonchev–Trinajstić information content (AvgIpc) is 2.95. The van der Waals surface area contributed by atoms with E-state index in [1.807, 2.05) is 0 Å². The zero-order chi connectivity index (χ0) is 29.8. The lowest BCUT2D eigenvalue weighted by atomic mass is 10.00. The van der Waals surface area contributed by atoms with Gasteiger partial charge in [0.15, 0.2) is 5.82 Å². The summed E-state index contributed by atoms with van der Waals surface area (Å²) in [7, 11) is 5.25. The highest BCUT2D eigenvalue weighted by molar-refractivity contribution is 5.88. The van der Waals surface area contributed by atoms with Crippen LogP contribution in [0.4, 0.5) is 31.2 Å². The van der Waals surface area contributed by atoms with E-state index >= 15 is 0 Å². The molecule has 0 bridgehead atoms. The highest BCUT2D eigenvalue weighted by atomic mass is 19.3. The molecule has 2 N–H and O–H groups in total. The van der Waals surface area contributed by atoms with Crippen molar-refractivity contribution >= 4 is 30.0 Å². The zero-order valence-corrected chi connectivity index (χ0v) is 23.9. The number of ether oxygens (including phenoxy) is 2. The number of rotatable bonds is 9. The van der Waals surface area contributed by atoms with Crippen LogP contribution in [0.2, 0.25) is 0 Å². The first-order chi connectivity index (χ1) is 19.7. The maximum Gasteiger partial charge on any atom is 0.323 e. The van der Waals surface area contributed by atoms with E-state index in [-0.39, 0.29) is 36.6 Å². The van der Waals surface area contributed by atoms with Crippen molar-refractivity contribution in [2.24, 2.45) is 5.92 Å². The van der Waals surface area contributed by atoms with E-state index in [1.54, 1.807) is 18.9 Å². The lowest BCUT2D eigenvalue weighted by Crippen LogP contribution is -2.60. The summed E-state index contributed by atoms with van der Waals surface area (Å²) in [6.45, 7) is 5.41. The van der Waals surface area contributed by atoms with Gasteiger partial charge in [-0.25, -0.2) is 28.5 Å². The Bertz CT molecular complexity index is 1110. The molecule has 0 aromatic carbocycles. The van der Waals surface area contributed by atoms with Gasteiger partial charge in [-0.1, -0.05) is 0 Å². The first kappa shape index (κ1) is 31.8. The number of aromatic nitrogens is 4. The Balaban J connectivity index is 0.000000389. The standard InChI is InChI=1S/C18H22F2N8O3.C8H17NO/c1-3-31-15-9-22-14(8-23-15)26-17(30)27(2)12-10-28(7-5-18(12,19)20)16-21-6-4-13(25-16)24-11-29;1-9-5-3-4-8(6-9)7-10-2/h4,6,8-9,11-12H,3,5,7,10H2,1-2H3,(H,22,26,30)(H,21,24,25,29);8H,3-7H2,1-2H3. The first-order valence-corrected chi connectivity index (χ1v) is 13.5. The highest BCUT2D eigenvalue weighted by Gasteiger charge is 2.48. The van der Waals surface area contributed by atoms with Crippen molar-refractivity contribution in [1.29, 1.82) is 0 Å². The molecule has 2 fully saturated rings. The second-order valence-electron chi connectivity index (χ2n) is 9.92. The van der Waals surface area contributed by atoms with Gasteiger partial charge in [-0.15, -0.1) is 0 Å². The van der Waals surface area contributed by atoms with Crippen LogP contribution in [0, 0.1) is 5.92 Å². The molecule has 0 spiro atoms. The van der Waals surface area contributed by atoms with Crippen molar-refractivity contribution in [3.63, 3.8) is 0 Å². The fraction of sp³-hybridized carbons (Fsp3) is 0.615. The van der Waals surface area contributed by atoms with E-state index < -0.39 is 24.4 Å². The number of carbonyl (C=O) groups is 2. The van der Waals surface area contributed by atoms with Crippen LogP contribution in [0.15, 0.2) is 24.7 Å². The molecule has 41 heavy (non-hydrogen) atoms. The summed E-state index contributed by atoms with van der Waals surface area (Å²) < 4.78 is 39.6. The molecular weight excluding hydrogens is 540 g/mol. The molecule has 2 atom stereocenters. The Hall–Kier alpha value is -3.72. The van der Waals surface area contributed by atoms with Gasteiger partial charge in [0, 0.05) is 46.4 Å². The molecule has 226 valence electrons.